The third-order valence-corrected chi connectivity index (χ3v) is 2.30. The van der Waals surface area contributed by atoms with E-state index in [0.29, 0.717) is 11.8 Å². The normalized spacial score (nSPS) is 12.9. The van der Waals surface area contributed by atoms with Crippen molar-refractivity contribution < 1.29 is 18.0 Å². The molecule has 0 spiro atoms. The first kappa shape index (κ1) is 13.2. The van der Waals surface area contributed by atoms with Gasteiger partial charge in [-0.1, -0.05) is 13.0 Å². The standard InChI is InChI=1S/C12H10F3NO/c1-8(7-17)4-9-2-3-10(6-16)11(5-9)12(13,14)15/h2-3,5,7-8H,4H2,1H3. The molecule has 1 rings (SSSR count). The summed E-state index contributed by atoms with van der Waals surface area (Å²) in [4.78, 5) is 10.4. The molecule has 1 aromatic carbocycles. The second-order valence-electron chi connectivity index (χ2n) is 3.81. The number of nitriles is 1. The zero-order valence-corrected chi connectivity index (χ0v) is 9.08. The second kappa shape index (κ2) is 5.00. The van der Waals surface area contributed by atoms with Crippen LogP contribution in [0.5, 0.6) is 0 Å². The minimum Gasteiger partial charge on any atom is -0.303 e. The molecule has 1 atom stereocenters. The Morgan fingerprint density at radius 1 is 1.47 bits per heavy atom. The van der Waals surface area contributed by atoms with Crippen LogP contribution in [0.3, 0.4) is 0 Å². The molecule has 0 aliphatic rings. The van der Waals surface area contributed by atoms with Crippen LogP contribution < -0.4 is 0 Å². The smallest absolute Gasteiger partial charge is 0.303 e. The summed E-state index contributed by atoms with van der Waals surface area (Å²) in [7, 11) is 0. The van der Waals surface area contributed by atoms with Crippen molar-refractivity contribution in [2.75, 3.05) is 0 Å². The summed E-state index contributed by atoms with van der Waals surface area (Å²) in [5, 5.41) is 8.59. The average molecular weight is 241 g/mol. The predicted molar refractivity (Wildman–Crippen MR) is 55.1 cm³/mol. The number of hydrogen-bond donors (Lipinski definition) is 0. The highest BCUT2D eigenvalue weighted by atomic mass is 19.4. The molecule has 2 nitrogen and oxygen atoms in total. The lowest BCUT2D eigenvalue weighted by atomic mass is 9.98. The number of nitrogens with zero attached hydrogens (tertiary/aromatic N) is 1. The quantitative estimate of drug-likeness (QED) is 0.763. The fraction of sp³-hybridized carbons (Fsp3) is 0.333. The SMILES string of the molecule is CC(C=O)Cc1ccc(C#N)c(C(F)(F)F)c1. The molecule has 0 amide bonds. The van der Waals surface area contributed by atoms with E-state index in [0.717, 1.165) is 12.1 Å². The van der Waals surface area contributed by atoms with E-state index in [2.05, 4.69) is 0 Å². The molecule has 0 fully saturated rings. The maximum absolute atomic E-state index is 12.6. The molecule has 0 bridgehead atoms. The fourth-order valence-corrected chi connectivity index (χ4v) is 1.47. The summed E-state index contributed by atoms with van der Waals surface area (Å²) in [6.45, 7) is 1.62. The molecule has 0 heterocycles. The summed E-state index contributed by atoms with van der Waals surface area (Å²) in [5.74, 6) is -0.344. The van der Waals surface area contributed by atoms with E-state index < -0.39 is 17.3 Å². The van der Waals surface area contributed by atoms with Crippen LogP contribution in [0, 0.1) is 17.2 Å². The monoisotopic (exact) mass is 241 g/mol. The number of aldehydes is 1. The molecule has 0 aromatic heterocycles. The molecule has 5 heteroatoms. The van der Waals surface area contributed by atoms with Crippen molar-refractivity contribution in [3.63, 3.8) is 0 Å². The summed E-state index contributed by atoms with van der Waals surface area (Å²) in [5.41, 5.74) is -0.952. The highest BCUT2D eigenvalue weighted by Crippen LogP contribution is 2.32. The molecule has 0 N–H and O–H groups in total. The van der Waals surface area contributed by atoms with Crippen LogP contribution in [0.4, 0.5) is 13.2 Å². The lowest BCUT2D eigenvalue weighted by Crippen LogP contribution is -2.09. The molecule has 0 saturated carbocycles. The van der Waals surface area contributed by atoms with Gasteiger partial charge in [0.2, 0.25) is 0 Å². The van der Waals surface area contributed by atoms with Gasteiger partial charge in [0.05, 0.1) is 17.2 Å². The number of carbonyl (C=O) groups excluding carboxylic acids is 1. The topological polar surface area (TPSA) is 40.9 Å². The van der Waals surface area contributed by atoms with Gasteiger partial charge in [0.15, 0.2) is 0 Å². The molecular formula is C12H10F3NO. The van der Waals surface area contributed by atoms with Gasteiger partial charge in [-0.3, -0.25) is 0 Å². The van der Waals surface area contributed by atoms with Gasteiger partial charge in [0, 0.05) is 5.92 Å². The number of rotatable bonds is 3. The van der Waals surface area contributed by atoms with Gasteiger partial charge in [-0.05, 0) is 24.1 Å². The first-order valence-electron chi connectivity index (χ1n) is 4.94. The molecule has 17 heavy (non-hydrogen) atoms. The zero-order valence-electron chi connectivity index (χ0n) is 9.08. The van der Waals surface area contributed by atoms with Gasteiger partial charge < -0.3 is 4.79 Å². The van der Waals surface area contributed by atoms with E-state index in [9.17, 15) is 18.0 Å². The Bertz CT molecular complexity index is 460. The largest absolute Gasteiger partial charge is 0.417 e. The predicted octanol–water partition coefficient (Wildman–Crippen LogP) is 2.95. The van der Waals surface area contributed by atoms with Gasteiger partial charge in [0.1, 0.15) is 6.29 Å². The Hall–Kier alpha value is -1.83. The molecule has 0 saturated heterocycles. The number of alkyl halides is 3. The fourth-order valence-electron chi connectivity index (χ4n) is 1.47. The molecular weight excluding hydrogens is 231 g/mol. The van der Waals surface area contributed by atoms with Crippen molar-refractivity contribution in [2.45, 2.75) is 19.5 Å². The number of benzene rings is 1. The molecule has 90 valence electrons. The van der Waals surface area contributed by atoms with Gasteiger partial charge in [0.25, 0.3) is 0 Å². The third kappa shape index (κ3) is 3.31. The van der Waals surface area contributed by atoms with Crippen molar-refractivity contribution in [1.82, 2.24) is 0 Å². The minimum absolute atomic E-state index is 0.234. The Morgan fingerprint density at radius 2 is 2.12 bits per heavy atom. The number of halogens is 3. The molecule has 1 unspecified atom stereocenters. The zero-order chi connectivity index (χ0) is 13.1. The van der Waals surface area contributed by atoms with Crippen molar-refractivity contribution in [1.29, 1.82) is 5.26 Å². The van der Waals surface area contributed by atoms with Crippen molar-refractivity contribution in [3.8, 4) is 6.07 Å². The van der Waals surface area contributed by atoms with Gasteiger partial charge in [-0.2, -0.15) is 18.4 Å². The minimum atomic E-state index is -4.55. The van der Waals surface area contributed by atoms with Crippen LogP contribution in [-0.2, 0) is 17.4 Å². The van der Waals surface area contributed by atoms with E-state index in [-0.39, 0.29) is 12.3 Å². The highest BCUT2D eigenvalue weighted by Gasteiger charge is 2.33. The number of hydrogen-bond acceptors (Lipinski definition) is 2. The van der Waals surface area contributed by atoms with E-state index in [4.69, 9.17) is 5.26 Å². The summed E-state index contributed by atoms with van der Waals surface area (Å²) in [6, 6.07) is 5.01. The molecule has 0 aliphatic heterocycles. The Balaban J connectivity index is 3.15. The molecule has 0 aliphatic carbocycles. The Kier molecular flexibility index (Phi) is 3.89. The van der Waals surface area contributed by atoms with E-state index >= 15 is 0 Å². The van der Waals surface area contributed by atoms with Gasteiger partial charge in [-0.15, -0.1) is 0 Å². The van der Waals surface area contributed by atoms with Crippen LogP contribution in [-0.4, -0.2) is 6.29 Å². The van der Waals surface area contributed by atoms with Crippen LogP contribution in [0.15, 0.2) is 18.2 Å². The number of carbonyl (C=O) groups is 1. The Morgan fingerprint density at radius 3 is 2.59 bits per heavy atom. The lowest BCUT2D eigenvalue weighted by Gasteiger charge is -2.11. The first-order chi connectivity index (χ1) is 7.88. The maximum Gasteiger partial charge on any atom is 0.417 e. The molecule has 0 radical (unpaired) electrons. The van der Waals surface area contributed by atoms with E-state index in [1.165, 1.54) is 12.1 Å². The highest BCUT2D eigenvalue weighted by molar-refractivity contribution is 5.54. The Labute approximate surface area is 96.7 Å². The van der Waals surface area contributed by atoms with Crippen LogP contribution in [0.25, 0.3) is 0 Å². The van der Waals surface area contributed by atoms with Gasteiger partial charge in [-0.25, -0.2) is 0 Å². The maximum atomic E-state index is 12.6. The van der Waals surface area contributed by atoms with Crippen LogP contribution in [0.2, 0.25) is 0 Å². The van der Waals surface area contributed by atoms with Crippen LogP contribution in [0.1, 0.15) is 23.6 Å². The average Bonchev–Trinajstić information content (AvgIpc) is 2.27. The van der Waals surface area contributed by atoms with E-state index in [1.54, 1.807) is 6.92 Å². The first-order valence-corrected chi connectivity index (χ1v) is 4.94. The summed E-state index contributed by atoms with van der Waals surface area (Å²) in [6.07, 6.45) is -3.63. The van der Waals surface area contributed by atoms with Crippen molar-refractivity contribution >= 4 is 6.29 Å². The van der Waals surface area contributed by atoms with Crippen molar-refractivity contribution in [2.24, 2.45) is 5.92 Å². The van der Waals surface area contributed by atoms with Crippen LogP contribution >= 0.6 is 0 Å². The van der Waals surface area contributed by atoms with E-state index in [1.807, 2.05) is 0 Å². The second-order valence-corrected chi connectivity index (χ2v) is 3.81. The third-order valence-electron chi connectivity index (χ3n) is 2.30. The lowest BCUT2D eigenvalue weighted by molar-refractivity contribution is -0.137. The summed E-state index contributed by atoms with van der Waals surface area (Å²) < 4.78 is 37.8. The van der Waals surface area contributed by atoms with Gasteiger partial charge >= 0.3 is 6.18 Å². The summed E-state index contributed by atoms with van der Waals surface area (Å²) >= 11 is 0. The molecule has 1 aromatic rings. The van der Waals surface area contributed by atoms with Crippen molar-refractivity contribution in [3.05, 3.63) is 34.9 Å².